The standard InChI is InChI=1S/C22H25N5O/c1-17-23-21(25-24-17)20-12-13-26(22(28)19-10-6-3-7-11-19)14-15-27(20)16-18-8-4-2-5-9-18/h2-11,20H,12-16H2,1H3,(H,23,24,25). The summed E-state index contributed by atoms with van der Waals surface area (Å²) in [4.78, 5) is 21.9. The second-order valence-corrected chi connectivity index (χ2v) is 7.20. The third-order valence-corrected chi connectivity index (χ3v) is 5.22. The zero-order valence-electron chi connectivity index (χ0n) is 16.1. The second-order valence-electron chi connectivity index (χ2n) is 7.20. The molecule has 0 saturated carbocycles. The molecule has 1 atom stereocenters. The van der Waals surface area contributed by atoms with Crippen LogP contribution in [0.25, 0.3) is 0 Å². The summed E-state index contributed by atoms with van der Waals surface area (Å²) in [6.07, 6.45) is 0.808. The number of rotatable bonds is 4. The summed E-state index contributed by atoms with van der Waals surface area (Å²) in [7, 11) is 0. The van der Waals surface area contributed by atoms with Gasteiger partial charge in [-0.25, -0.2) is 4.98 Å². The van der Waals surface area contributed by atoms with Crippen LogP contribution in [0, 0.1) is 6.92 Å². The van der Waals surface area contributed by atoms with Crippen molar-refractivity contribution in [3.8, 4) is 0 Å². The quantitative estimate of drug-likeness (QED) is 0.761. The topological polar surface area (TPSA) is 65.1 Å². The van der Waals surface area contributed by atoms with Gasteiger partial charge in [0.05, 0.1) is 6.04 Å². The number of hydrogen-bond acceptors (Lipinski definition) is 4. The number of carbonyl (C=O) groups is 1. The first-order valence-electron chi connectivity index (χ1n) is 9.72. The molecule has 2 aromatic carbocycles. The van der Waals surface area contributed by atoms with Gasteiger partial charge >= 0.3 is 0 Å². The monoisotopic (exact) mass is 375 g/mol. The van der Waals surface area contributed by atoms with Gasteiger partial charge in [-0.2, -0.15) is 5.10 Å². The molecule has 3 aromatic rings. The first-order valence-corrected chi connectivity index (χ1v) is 9.72. The van der Waals surface area contributed by atoms with E-state index in [4.69, 9.17) is 0 Å². The van der Waals surface area contributed by atoms with Crippen molar-refractivity contribution < 1.29 is 4.79 Å². The van der Waals surface area contributed by atoms with Gasteiger partial charge < -0.3 is 4.90 Å². The van der Waals surface area contributed by atoms with Crippen molar-refractivity contribution in [2.45, 2.75) is 25.9 Å². The summed E-state index contributed by atoms with van der Waals surface area (Å²) >= 11 is 0. The Morgan fingerprint density at radius 1 is 1.04 bits per heavy atom. The summed E-state index contributed by atoms with van der Waals surface area (Å²) in [5, 5.41) is 7.38. The van der Waals surface area contributed by atoms with E-state index in [2.05, 4.69) is 44.3 Å². The van der Waals surface area contributed by atoms with Crippen LogP contribution in [0.1, 0.15) is 40.0 Å². The van der Waals surface area contributed by atoms with Gasteiger partial charge in [-0.05, 0) is 31.0 Å². The molecule has 1 unspecified atom stereocenters. The van der Waals surface area contributed by atoms with E-state index in [0.29, 0.717) is 13.1 Å². The number of hydrogen-bond donors (Lipinski definition) is 1. The molecule has 1 aliphatic heterocycles. The van der Waals surface area contributed by atoms with Crippen LogP contribution in [0.15, 0.2) is 60.7 Å². The molecule has 6 heteroatoms. The van der Waals surface area contributed by atoms with E-state index in [0.717, 1.165) is 36.7 Å². The van der Waals surface area contributed by atoms with Crippen molar-refractivity contribution in [3.05, 3.63) is 83.4 Å². The van der Waals surface area contributed by atoms with E-state index in [1.54, 1.807) is 0 Å². The SMILES string of the molecule is Cc1nc(C2CCN(C(=O)c3ccccc3)CCN2Cc2ccccc2)n[nH]1. The molecule has 2 heterocycles. The Hall–Kier alpha value is -2.99. The van der Waals surface area contributed by atoms with Crippen molar-refractivity contribution in [3.63, 3.8) is 0 Å². The molecule has 1 aliphatic rings. The molecular formula is C22H25N5O. The average molecular weight is 375 g/mol. The molecule has 28 heavy (non-hydrogen) atoms. The highest BCUT2D eigenvalue weighted by Gasteiger charge is 2.30. The van der Waals surface area contributed by atoms with Gasteiger partial charge in [-0.1, -0.05) is 48.5 Å². The van der Waals surface area contributed by atoms with Crippen molar-refractivity contribution in [1.29, 1.82) is 0 Å². The average Bonchev–Trinajstić information content (AvgIpc) is 3.05. The lowest BCUT2D eigenvalue weighted by molar-refractivity contribution is 0.0761. The van der Waals surface area contributed by atoms with Gasteiger partial charge in [0, 0.05) is 31.7 Å². The smallest absolute Gasteiger partial charge is 0.253 e. The number of nitrogens with zero attached hydrogens (tertiary/aromatic N) is 4. The Bertz CT molecular complexity index is 909. The van der Waals surface area contributed by atoms with Crippen molar-refractivity contribution >= 4 is 5.91 Å². The molecule has 144 valence electrons. The lowest BCUT2D eigenvalue weighted by atomic mass is 10.1. The predicted octanol–water partition coefficient (Wildman–Crippen LogP) is 3.20. The summed E-state index contributed by atoms with van der Waals surface area (Å²) in [5.74, 6) is 1.71. The Morgan fingerprint density at radius 3 is 2.43 bits per heavy atom. The van der Waals surface area contributed by atoms with Gasteiger partial charge in [-0.3, -0.25) is 14.8 Å². The maximum Gasteiger partial charge on any atom is 0.253 e. The van der Waals surface area contributed by atoms with E-state index in [9.17, 15) is 4.79 Å². The summed E-state index contributed by atoms with van der Waals surface area (Å²) in [6, 6.07) is 20.0. The van der Waals surface area contributed by atoms with E-state index in [-0.39, 0.29) is 11.9 Å². The van der Waals surface area contributed by atoms with E-state index in [1.807, 2.05) is 48.2 Å². The largest absolute Gasteiger partial charge is 0.337 e. The molecule has 4 rings (SSSR count). The third kappa shape index (κ3) is 4.12. The molecule has 1 saturated heterocycles. The highest BCUT2D eigenvalue weighted by Crippen LogP contribution is 2.27. The Balaban J connectivity index is 1.56. The summed E-state index contributed by atoms with van der Waals surface area (Å²) in [5.41, 5.74) is 1.99. The fourth-order valence-corrected chi connectivity index (χ4v) is 3.75. The lowest BCUT2D eigenvalue weighted by Crippen LogP contribution is -2.35. The van der Waals surface area contributed by atoms with Crippen molar-refractivity contribution in [1.82, 2.24) is 25.0 Å². The van der Waals surface area contributed by atoms with Crippen LogP contribution in [-0.4, -0.2) is 50.5 Å². The number of aryl methyl sites for hydroxylation is 1. The predicted molar refractivity (Wildman–Crippen MR) is 108 cm³/mol. The maximum absolute atomic E-state index is 12.9. The van der Waals surface area contributed by atoms with Crippen LogP contribution < -0.4 is 0 Å². The minimum absolute atomic E-state index is 0.0822. The zero-order chi connectivity index (χ0) is 19.3. The Labute approximate surface area is 165 Å². The first kappa shape index (κ1) is 18.4. The second kappa shape index (κ2) is 8.35. The van der Waals surface area contributed by atoms with Crippen LogP contribution in [0.3, 0.4) is 0 Å². The fraction of sp³-hybridized carbons (Fsp3) is 0.318. The first-order chi connectivity index (χ1) is 13.7. The third-order valence-electron chi connectivity index (χ3n) is 5.22. The molecule has 6 nitrogen and oxygen atoms in total. The van der Waals surface area contributed by atoms with Crippen molar-refractivity contribution in [2.75, 3.05) is 19.6 Å². The van der Waals surface area contributed by atoms with Crippen molar-refractivity contribution in [2.24, 2.45) is 0 Å². The lowest BCUT2D eigenvalue weighted by Gasteiger charge is -2.27. The number of H-pyrrole nitrogens is 1. The van der Waals surface area contributed by atoms with Crippen LogP contribution in [0.5, 0.6) is 0 Å². The highest BCUT2D eigenvalue weighted by molar-refractivity contribution is 5.94. The molecule has 0 radical (unpaired) electrons. The molecule has 1 aromatic heterocycles. The summed E-state index contributed by atoms with van der Waals surface area (Å²) in [6.45, 7) is 4.90. The van der Waals surface area contributed by atoms with Crippen LogP contribution in [-0.2, 0) is 6.54 Å². The Morgan fingerprint density at radius 2 is 1.75 bits per heavy atom. The fourth-order valence-electron chi connectivity index (χ4n) is 3.75. The number of nitrogens with one attached hydrogen (secondary N) is 1. The van der Waals surface area contributed by atoms with Crippen LogP contribution in [0.4, 0.5) is 0 Å². The highest BCUT2D eigenvalue weighted by atomic mass is 16.2. The van der Waals surface area contributed by atoms with E-state index in [1.165, 1.54) is 5.56 Å². The molecule has 0 spiro atoms. The number of benzene rings is 2. The minimum Gasteiger partial charge on any atom is -0.337 e. The van der Waals surface area contributed by atoms with Gasteiger partial charge in [0.15, 0.2) is 5.82 Å². The molecule has 1 amide bonds. The molecule has 0 aliphatic carbocycles. The number of amides is 1. The molecular weight excluding hydrogens is 350 g/mol. The molecule has 1 fully saturated rings. The normalized spacial score (nSPS) is 18.0. The van der Waals surface area contributed by atoms with Gasteiger partial charge in [0.25, 0.3) is 5.91 Å². The van der Waals surface area contributed by atoms with Gasteiger partial charge in [0.1, 0.15) is 5.82 Å². The zero-order valence-corrected chi connectivity index (χ0v) is 16.1. The maximum atomic E-state index is 12.9. The molecule has 0 bridgehead atoms. The van der Waals surface area contributed by atoms with Crippen LogP contribution in [0.2, 0.25) is 0 Å². The number of aromatic amines is 1. The number of carbonyl (C=O) groups excluding carboxylic acids is 1. The Kier molecular flexibility index (Phi) is 5.48. The van der Waals surface area contributed by atoms with E-state index >= 15 is 0 Å². The van der Waals surface area contributed by atoms with Gasteiger partial charge in [-0.15, -0.1) is 0 Å². The molecule has 1 N–H and O–H groups in total. The number of aromatic nitrogens is 3. The summed E-state index contributed by atoms with van der Waals surface area (Å²) < 4.78 is 0. The minimum atomic E-state index is 0.0822. The van der Waals surface area contributed by atoms with Crippen LogP contribution >= 0.6 is 0 Å². The van der Waals surface area contributed by atoms with Gasteiger partial charge in [0.2, 0.25) is 0 Å². The van der Waals surface area contributed by atoms with E-state index < -0.39 is 0 Å².